The number of hydrogen-bond acceptors (Lipinski definition) is 1. The molecule has 1 nitrogen and oxygen atoms in total. The molecule has 120 valence electrons. The third kappa shape index (κ3) is 2.15. The fraction of sp³-hybridized carbons (Fsp3) is 0.381. The third-order valence-corrected chi connectivity index (χ3v) is 12.9. The number of carbonyl (C=O) groups excluding carboxylic acids is 1. The van der Waals surface area contributed by atoms with Gasteiger partial charge in [0.1, 0.15) is 0 Å². The van der Waals surface area contributed by atoms with Crippen molar-refractivity contribution < 1.29 is 4.79 Å². The van der Waals surface area contributed by atoms with Crippen molar-refractivity contribution in [3.63, 3.8) is 0 Å². The molecule has 0 aliphatic heterocycles. The van der Waals surface area contributed by atoms with Crippen LogP contribution in [0.2, 0.25) is 18.1 Å². The maximum Gasteiger partial charge on any atom is 0.164 e. The number of fused-ring (bicyclic) bond motifs is 1. The van der Waals surface area contributed by atoms with E-state index < -0.39 is 8.07 Å². The monoisotopic (exact) mass is 322 g/mol. The van der Waals surface area contributed by atoms with Gasteiger partial charge in [0.2, 0.25) is 0 Å². The molecule has 0 saturated carbocycles. The second-order valence-corrected chi connectivity index (χ2v) is 12.3. The van der Waals surface area contributed by atoms with Crippen molar-refractivity contribution in [1.82, 2.24) is 0 Å². The second kappa shape index (κ2) is 6.08. The molecule has 1 atom stereocenters. The molecule has 0 spiro atoms. The Kier molecular flexibility index (Phi) is 4.28. The maximum absolute atomic E-state index is 12.9. The number of rotatable bonds is 5. The van der Waals surface area contributed by atoms with Gasteiger partial charge in [-0.15, -0.1) is 0 Å². The summed E-state index contributed by atoms with van der Waals surface area (Å²) in [6.07, 6.45) is 0.665. The molecule has 2 aromatic rings. The van der Waals surface area contributed by atoms with E-state index in [4.69, 9.17) is 0 Å². The first-order chi connectivity index (χ1) is 11.1. The molecule has 3 rings (SSSR count). The average Bonchev–Trinajstić information content (AvgIpc) is 2.93. The van der Waals surface area contributed by atoms with Gasteiger partial charge in [-0.2, -0.15) is 0 Å². The highest BCUT2D eigenvalue weighted by Gasteiger charge is 2.56. The van der Waals surface area contributed by atoms with Crippen LogP contribution in [0.3, 0.4) is 0 Å². The summed E-state index contributed by atoms with van der Waals surface area (Å²) in [6, 6.07) is 22.8. The normalized spacial score (nSPS) is 20.6. The van der Waals surface area contributed by atoms with Crippen LogP contribution in [0.25, 0.3) is 0 Å². The topological polar surface area (TPSA) is 17.1 Å². The predicted octanol–water partition coefficient (Wildman–Crippen LogP) is 5.61. The molecule has 2 aromatic carbocycles. The summed E-state index contributed by atoms with van der Waals surface area (Å²) in [5, 5.41) is -0.0554. The fourth-order valence-corrected chi connectivity index (χ4v) is 10.4. The van der Waals surface area contributed by atoms with Gasteiger partial charge in [0, 0.05) is 17.0 Å². The molecular formula is C21H26OSi. The number of Topliss-reactive ketones (excluding diaryl/α,β-unsaturated/α-hetero) is 1. The summed E-state index contributed by atoms with van der Waals surface area (Å²) in [5.74, 6) is 0.330. The zero-order chi connectivity index (χ0) is 16.5. The smallest absolute Gasteiger partial charge is 0.164 e. The first kappa shape index (κ1) is 16.2. The fourth-order valence-electron chi connectivity index (χ4n) is 4.94. The van der Waals surface area contributed by atoms with Crippen LogP contribution in [0.4, 0.5) is 0 Å². The summed E-state index contributed by atoms with van der Waals surface area (Å²) in [6.45, 7) is 7.03. The summed E-state index contributed by atoms with van der Waals surface area (Å²) >= 11 is 0. The molecule has 0 N–H and O–H groups in total. The zero-order valence-electron chi connectivity index (χ0n) is 14.4. The van der Waals surface area contributed by atoms with Gasteiger partial charge >= 0.3 is 0 Å². The van der Waals surface area contributed by atoms with Crippen molar-refractivity contribution in [2.24, 2.45) is 0 Å². The van der Waals surface area contributed by atoms with E-state index in [1.54, 1.807) is 0 Å². The Morgan fingerprint density at radius 1 is 0.870 bits per heavy atom. The van der Waals surface area contributed by atoms with Gasteiger partial charge < -0.3 is 0 Å². The minimum Gasteiger partial charge on any atom is -0.294 e. The Morgan fingerprint density at radius 3 is 2.04 bits per heavy atom. The molecule has 2 heteroatoms. The van der Waals surface area contributed by atoms with Crippen LogP contribution < -0.4 is 0 Å². The molecule has 0 bridgehead atoms. The van der Waals surface area contributed by atoms with Gasteiger partial charge in [-0.25, -0.2) is 0 Å². The summed E-state index contributed by atoms with van der Waals surface area (Å²) in [5.41, 5.74) is 3.62. The van der Waals surface area contributed by atoms with E-state index in [1.807, 2.05) is 12.1 Å². The molecular weight excluding hydrogens is 296 g/mol. The molecule has 0 fully saturated rings. The standard InChI is InChI=1S/C21H26OSi/c1-4-23(5-2,6-3)21(17-12-8-7-9-13-17)16-20(22)18-14-10-11-15-19(18)21/h7-15H,4-6,16H2,1-3H3/t21-/m1/s1. The molecule has 0 amide bonds. The quantitative estimate of drug-likeness (QED) is 0.654. The van der Waals surface area contributed by atoms with Crippen LogP contribution in [-0.2, 0) is 5.04 Å². The number of carbonyl (C=O) groups is 1. The maximum atomic E-state index is 12.9. The SMILES string of the molecule is CC[Si](CC)(CC)[C@@]1(c2ccccc2)CC(=O)c2ccccc21. The van der Waals surface area contributed by atoms with Gasteiger partial charge in [-0.3, -0.25) is 4.79 Å². The van der Waals surface area contributed by atoms with Crippen LogP contribution in [0.1, 0.15) is 48.7 Å². The summed E-state index contributed by atoms with van der Waals surface area (Å²) in [7, 11) is -1.69. The first-order valence-electron chi connectivity index (χ1n) is 8.83. The lowest BCUT2D eigenvalue weighted by Gasteiger charge is -2.47. The molecule has 1 aliphatic rings. The molecule has 1 aliphatic carbocycles. The molecule has 23 heavy (non-hydrogen) atoms. The third-order valence-electron chi connectivity index (χ3n) is 6.32. The minimum absolute atomic E-state index is 0.0554. The zero-order valence-corrected chi connectivity index (χ0v) is 15.4. The van der Waals surface area contributed by atoms with E-state index in [2.05, 4.69) is 63.2 Å². The van der Waals surface area contributed by atoms with Crippen LogP contribution in [0, 0.1) is 0 Å². The second-order valence-electron chi connectivity index (χ2n) is 6.76. The lowest BCUT2D eigenvalue weighted by atomic mass is 9.91. The predicted molar refractivity (Wildman–Crippen MR) is 99.8 cm³/mol. The highest BCUT2D eigenvalue weighted by atomic mass is 28.3. The lowest BCUT2D eigenvalue weighted by Crippen LogP contribution is -2.54. The van der Waals surface area contributed by atoms with Crippen LogP contribution >= 0.6 is 0 Å². The van der Waals surface area contributed by atoms with Crippen molar-refractivity contribution in [1.29, 1.82) is 0 Å². The van der Waals surface area contributed by atoms with E-state index in [1.165, 1.54) is 29.3 Å². The Balaban J connectivity index is 2.36. The van der Waals surface area contributed by atoms with Gasteiger partial charge in [0.05, 0.1) is 8.07 Å². The van der Waals surface area contributed by atoms with Crippen molar-refractivity contribution in [3.8, 4) is 0 Å². The van der Waals surface area contributed by atoms with Gasteiger partial charge in [0.15, 0.2) is 5.78 Å². The summed E-state index contributed by atoms with van der Waals surface area (Å²) in [4.78, 5) is 12.9. The van der Waals surface area contributed by atoms with E-state index in [-0.39, 0.29) is 5.04 Å². The molecule has 0 unspecified atom stereocenters. The van der Waals surface area contributed by atoms with Crippen molar-refractivity contribution in [3.05, 3.63) is 71.3 Å². The molecule has 0 aromatic heterocycles. The van der Waals surface area contributed by atoms with Gasteiger partial charge in [0.25, 0.3) is 0 Å². The largest absolute Gasteiger partial charge is 0.294 e. The Morgan fingerprint density at radius 2 is 1.43 bits per heavy atom. The molecule has 0 radical (unpaired) electrons. The van der Waals surface area contributed by atoms with Gasteiger partial charge in [-0.1, -0.05) is 93.5 Å². The van der Waals surface area contributed by atoms with E-state index in [9.17, 15) is 4.79 Å². The lowest BCUT2D eigenvalue weighted by molar-refractivity contribution is 0.0987. The van der Waals surface area contributed by atoms with Crippen molar-refractivity contribution in [2.75, 3.05) is 0 Å². The minimum atomic E-state index is -1.69. The van der Waals surface area contributed by atoms with E-state index >= 15 is 0 Å². The number of hydrogen-bond donors (Lipinski definition) is 0. The van der Waals surface area contributed by atoms with Crippen LogP contribution in [0.5, 0.6) is 0 Å². The highest BCUT2D eigenvalue weighted by Crippen LogP contribution is 2.53. The van der Waals surface area contributed by atoms with E-state index in [0.29, 0.717) is 12.2 Å². The Labute approximate surface area is 140 Å². The Bertz CT molecular complexity index is 695. The molecule has 0 saturated heterocycles. The summed E-state index contributed by atoms with van der Waals surface area (Å²) < 4.78 is 0. The van der Waals surface area contributed by atoms with Crippen LogP contribution in [-0.4, -0.2) is 13.9 Å². The first-order valence-corrected chi connectivity index (χ1v) is 11.5. The Hall–Kier alpha value is -1.67. The average molecular weight is 323 g/mol. The number of benzene rings is 2. The molecule has 0 heterocycles. The van der Waals surface area contributed by atoms with Gasteiger partial charge in [-0.05, 0) is 11.1 Å². The van der Waals surface area contributed by atoms with E-state index in [0.717, 1.165) is 5.56 Å². The number of ketones is 1. The van der Waals surface area contributed by atoms with Crippen molar-refractivity contribution in [2.45, 2.75) is 50.4 Å². The highest BCUT2D eigenvalue weighted by molar-refractivity contribution is 6.83. The van der Waals surface area contributed by atoms with Crippen LogP contribution in [0.15, 0.2) is 54.6 Å². The van der Waals surface area contributed by atoms with Crippen molar-refractivity contribution >= 4 is 13.9 Å².